The summed E-state index contributed by atoms with van der Waals surface area (Å²) in [4.78, 5) is 12.8. The fourth-order valence-corrected chi connectivity index (χ4v) is 3.68. The van der Waals surface area contributed by atoms with Crippen LogP contribution in [0.5, 0.6) is 5.75 Å². The number of hydrogen-bond acceptors (Lipinski definition) is 4. The first-order valence-corrected chi connectivity index (χ1v) is 9.79. The zero-order valence-corrected chi connectivity index (χ0v) is 16.3. The predicted molar refractivity (Wildman–Crippen MR) is 105 cm³/mol. The number of aromatic nitrogens is 4. The average Bonchev–Trinajstić information content (AvgIpc) is 3.01. The Hall–Kier alpha value is -3.02. The summed E-state index contributed by atoms with van der Waals surface area (Å²) in [6, 6.07) is 11.0. The Morgan fingerprint density at radius 1 is 1.07 bits per heavy atom. The summed E-state index contributed by atoms with van der Waals surface area (Å²) in [6.45, 7) is 2.88. The van der Waals surface area contributed by atoms with Crippen LogP contribution in [0.15, 0.2) is 48.8 Å². The molecule has 0 saturated heterocycles. The second-order valence-electron chi connectivity index (χ2n) is 7.20. The van der Waals surface area contributed by atoms with Crippen molar-refractivity contribution in [2.45, 2.75) is 45.2 Å². The monoisotopic (exact) mass is 377 g/mol. The zero-order valence-electron chi connectivity index (χ0n) is 16.3. The normalized spacial score (nSPS) is 14.8. The van der Waals surface area contributed by atoms with Crippen LogP contribution in [0.4, 0.5) is 0 Å². The maximum absolute atomic E-state index is 12.8. The van der Waals surface area contributed by atoms with Gasteiger partial charge in [-0.25, -0.2) is 0 Å². The molecule has 0 aliphatic carbocycles. The Bertz CT molecular complexity index is 961. The van der Waals surface area contributed by atoms with E-state index in [1.807, 2.05) is 48.1 Å². The topological polar surface area (TPSA) is 60.9 Å². The number of ketones is 1. The summed E-state index contributed by atoms with van der Waals surface area (Å²) in [5, 5.41) is 8.78. The van der Waals surface area contributed by atoms with E-state index in [1.165, 1.54) is 12.8 Å². The van der Waals surface area contributed by atoms with E-state index in [1.54, 1.807) is 19.2 Å². The molecule has 0 fully saturated rings. The highest BCUT2D eigenvalue weighted by Gasteiger charge is 2.24. The van der Waals surface area contributed by atoms with Gasteiger partial charge in [-0.2, -0.15) is 4.57 Å². The number of hydrogen-bond donors (Lipinski definition) is 0. The van der Waals surface area contributed by atoms with Crippen molar-refractivity contribution in [2.24, 2.45) is 0 Å². The van der Waals surface area contributed by atoms with Gasteiger partial charge in [-0.05, 0) is 37.1 Å². The number of carbonyl (C=O) groups excluding carboxylic acids is 1. The van der Waals surface area contributed by atoms with Crippen LogP contribution in [0.1, 0.15) is 48.4 Å². The van der Waals surface area contributed by atoms with Gasteiger partial charge in [-0.1, -0.05) is 6.42 Å². The third-order valence-corrected chi connectivity index (χ3v) is 5.42. The molecule has 0 unspecified atom stereocenters. The van der Waals surface area contributed by atoms with Gasteiger partial charge in [-0.15, -0.1) is 10.2 Å². The van der Waals surface area contributed by atoms with E-state index in [0.29, 0.717) is 5.56 Å². The fraction of sp³-hybridized carbons (Fsp3) is 0.364. The van der Waals surface area contributed by atoms with E-state index in [4.69, 9.17) is 4.74 Å². The average molecular weight is 377 g/mol. The van der Waals surface area contributed by atoms with Crippen LogP contribution in [0.2, 0.25) is 0 Å². The Kier molecular flexibility index (Phi) is 5.19. The minimum absolute atomic E-state index is 0.0664. The highest BCUT2D eigenvalue weighted by atomic mass is 16.5. The minimum Gasteiger partial charge on any atom is -0.497 e. The number of carbonyl (C=O) groups is 1. The molecule has 6 heteroatoms. The molecule has 0 amide bonds. The van der Waals surface area contributed by atoms with E-state index >= 15 is 0 Å². The molecule has 3 heterocycles. The van der Waals surface area contributed by atoms with Gasteiger partial charge in [-0.3, -0.25) is 4.79 Å². The highest BCUT2D eigenvalue weighted by Crippen LogP contribution is 2.22. The smallest absolute Gasteiger partial charge is 0.230 e. The second kappa shape index (κ2) is 7.92. The Morgan fingerprint density at radius 3 is 2.54 bits per heavy atom. The summed E-state index contributed by atoms with van der Waals surface area (Å²) in [5.74, 6) is 2.80. The molecule has 1 aliphatic rings. The molecule has 0 saturated carbocycles. The van der Waals surface area contributed by atoms with E-state index in [9.17, 15) is 4.79 Å². The summed E-state index contributed by atoms with van der Waals surface area (Å²) < 4.78 is 9.32. The maximum Gasteiger partial charge on any atom is 0.230 e. The third-order valence-electron chi connectivity index (χ3n) is 5.42. The van der Waals surface area contributed by atoms with Crippen molar-refractivity contribution in [3.05, 3.63) is 60.2 Å². The number of Topliss-reactive ketones (excluding diaryl/α,β-unsaturated/α-hetero) is 1. The lowest BCUT2D eigenvalue weighted by Gasteiger charge is -2.09. The van der Waals surface area contributed by atoms with Crippen molar-refractivity contribution >= 4 is 5.78 Å². The van der Waals surface area contributed by atoms with E-state index in [-0.39, 0.29) is 11.8 Å². The summed E-state index contributed by atoms with van der Waals surface area (Å²) in [5.41, 5.74) is 1.70. The number of rotatable bonds is 5. The molecule has 0 bridgehead atoms. The largest absolute Gasteiger partial charge is 0.497 e. The first kappa shape index (κ1) is 18.3. The number of methoxy groups -OCH3 is 1. The van der Waals surface area contributed by atoms with Crippen LogP contribution in [0.25, 0.3) is 11.4 Å². The van der Waals surface area contributed by atoms with Crippen molar-refractivity contribution in [1.82, 2.24) is 14.8 Å². The second-order valence-corrected chi connectivity index (χ2v) is 7.20. The molecule has 1 aromatic carbocycles. The van der Waals surface area contributed by atoms with Gasteiger partial charge in [0.1, 0.15) is 11.6 Å². The van der Waals surface area contributed by atoms with Crippen LogP contribution in [-0.2, 0) is 13.0 Å². The van der Waals surface area contributed by atoms with Crippen LogP contribution in [-0.4, -0.2) is 27.7 Å². The molecular weight excluding hydrogens is 352 g/mol. The molecule has 0 radical (unpaired) electrons. The van der Waals surface area contributed by atoms with Crippen LogP contribution in [0.3, 0.4) is 0 Å². The molecular formula is C22H25N4O2+. The van der Waals surface area contributed by atoms with E-state index in [0.717, 1.165) is 42.3 Å². The SMILES string of the molecule is COc1ccc(C(=O)[C@@H](C)[n+]2ccc(-c3nnc4n3CCCCC4)cc2)cc1. The molecule has 0 spiro atoms. The molecule has 28 heavy (non-hydrogen) atoms. The molecule has 1 aliphatic heterocycles. The maximum atomic E-state index is 12.8. The molecule has 4 rings (SSSR count). The lowest BCUT2D eigenvalue weighted by atomic mass is 10.0. The molecule has 1 atom stereocenters. The standard InChI is InChI=1S/C22H25N4O2/c1-16(21(27)17-7-9-19(28-2)10-8-17)25-14-11-18(12-15-25)22-24-23-20-6-4-3-5-13-26(20)22/h7-12,14-16H,3-6,13H2,1-2H3/q+1/t16-/m1/s1. The number of benzene rings is 1. The summed E-state index contributed by atoms with van der Waals surface area (Å²) in [7, 11) is 1.62. The van der Waals surface area contributed by atoms with Gasteiger partial charge in [0.15, 0.2) is 18.2 Å². The van der Waals surface area contributed by atoms with Crippen LogP contribution in [0, 0.1) is 0 Å². The van der Waals surface area contributed by atoms with Crippen molar-refractivity contribution < 1.29 is 14.1 Å². The number of fused-ring (bicyclic) bond motifs is 1. The number of pyridine rings is 1. The molecule has 0 N–H and O–H groups in total. The Labute approximate surface area is 164 Å². The lowest BCUT2D eigenvalue weighted by Crippen LogP contribution is -2.41. The van der Waals surface area contributed by atoms with Gasteiger partial charge in [0.05, 0.1) is 7.11 Å². The quantitative estimate of drug-likeness (QED) is 0.505. The summed E-state index contributed by atoms with van der Waals surface area (Å²) in [6.07, 6.45) is 8.46. The van der Waals surface area contributed by atoms with Crippen molar-refractivity contribution in [1.29, 1.82) is 0 Å². The lowest BCUT2D eigenvalue weighted by molar-refractivity contribution is -0.704. The van der Waals surface area contributed by atoms with Gasteiger partial charge in [0, 0.05) is 43.1 Å². The first-order chi connectivity index (χ1) is 13.7. The summed E-state index contributed by atoms with van der Waals surface area (Å²) >= 11 is 0. The first-order valence-electron chi connectivity index (χ1n) is 9.79. The number of aryl methyl sites for hydroxylation is 1. The Morgan fingerprint density at radius 2 is 1.82 bits per heavy atom. The van der Waals surface area contributed by atoms with Crippen molar-refractivity contribution in [2.75, 3.05) is 7.11 Å². The van der Waals surface area contributed by atoms with Crippen LogP contribution >= 0.6 is 0 Å². The number of nitrogens with zero attached hydrogens (tertiary/aromatic N) is 4. The predicted octanol–water partition coefficient (Wildman–Crippen LogP) is 3.41. The Balaban J connectivity index is 1.54. The van der Waals surface area contributed by atoms with E-state index in [2.05, 4.69) is 14.8 Å². The van der Waals surface area contributed by atoms with E-state index < -0.39 is 0 Å². The highest BCUT2D eigenvalue weighted by molar-refractivity contribution is 5.97. The van der Waals surface area contributed by atoms with Gasteiger partial charge < -0.3 is 9.30 Å². The minimum atomic E-state index is -0.294. The molecule has 3 aromatic rings. The van der Waals surface area contributed by atoms with Gasteiger partial charge in [0.2, 0.25) is 11.8 Å². The zero-order chi connectivity index (χ0) is 19.5. The molecule has 144 valence electrons. The number of ether oxygens (including phenoxy) is 1. The van der Waals surface area contributed by atoms with Gasteiger partial charge in [0.25, 0.3) is 0 Å². The fourth-order valence-electron chi connectivity index (χ4n) is 3.68. The van der Waals surface area contributed by atoms with Crippen molar-refractivity contribution in [3.8, 4) is 17.1 Å². The van der Waals surface area contributed by atoms with Crippen LogP contribution < -0.4 is 9.30 Å². The third kappa shape index (κ3) is 3.54. The van der Waals surface area contributed by atoms with Gasteiger partial charge >= 0.3 is 0 Å². The molecule has 6 nitrogen and oxygen atoms in total. The van der Waals surface area contributed by atoms with Crippen molar-refractivity contribution in [3.63, 3.8) is 0 Å². The molecule has 2 aromatic heterocycles.